The summed E-state index contributed by atoms with van der Waals surface area (Å²) in [6.45, 7) is 12.3. The fraction of sp³-hybridized carbons (Fsp3) is 0.255. The van der Waals surface area contributed by atoms with Crippen LogP contribution in [0.3, 0.4) is 0 Å². The largest absolute Gasteiger partial charge is 0.512 e. The predicted octanol–water partition coefficient (Wildman–Crippen LogP) is 12.8. The van der Waals surface area contributed by atoms with E-state index >= 15 is 0 Å². The van der Waals surface area contributed by atoms with Gasteiger partial charge in [-0.25, -0.2) is 0 Å². The van der Waals surface area contributed by atoms with E-state index in [1.54, 1.807) is 0 Å². The number of aryl methyl sites for hydroxylation is 2. The Morgan fingerprint density at radius 3 is 2.21 bits per heavy atom. The van der Waals surface area contributed by atoms with Crippen molar-refractivity contribution in [1.82, 2.24) is 9.97 Å². The predicted molar refractivity (Wildman–Crippen MR) is 215 cm³/mol. The molecule has 0 atom stereocenters. The molecule has 7 aromatic rings. The van der Waals surface area contributed by atoms with E-state index in [9.17, 15) is 9.90 Å². The summed E-state index contributed by atoms with van der Waals surface area (Å²) in [5.74, 6) is 0.547. The van der Waals surface area contributed by atoms with Crippen molar-refractivity contribution in [3.05, 3.63) is 133 Å². The van der Waals surface area contributed by atoms with Gasteiger partial charge in [0.1, 0.15) is 5.58 Å². The third-order valence-corrected chi connectivity index (χ3v) is 10.2. The fourth-order valence-corrected chi connectivity index (χ4v) is 7.11. The molecular formula is C47H47IrN2O3-. The molecule has 0 spiro atoms. The molecule has 1 N–H and O–H groups in total. The van der Waals surface area contributed by atoms with Gasteiger partial charge >= 0.3 is 0 Å². The minimum absolute atomic E-state index is 0. The number of carbonyl (C=O) groups is 1. The van der Waals surface area contributed by atoms with E-state index < -0.39 is 0 Å². The maximum atomic E-state index is 11.7. The third kappa shape index (κ3) is 8.35. The van der Waals surface area contributed by atoms with Gasteiger partial charge in [0.25, 0.3) is 0 Å². The Morgan fingerprint density at radius 1 is 0.755 bits per heavy atom. The van der Waals surface area contributed by atoms with Crippen LogP contribution in [0.25, 0.3) is 66.2 Å². The van der Waals surface area contributed by atoms with Gasteiger partial charge in [0.05, 0.1) is 11.3 Å². The van der Waals surface area contributed by atoms with Crippen LogP contribution in [0.4, 0.5) is 0 Å². The number of benzene rings is 4. The van der Waals surface area contributed by atoms with Crippen LogP contribution in [0.15, 0.2) is 120 Å². The van der Waals surface area contributed by atoms with Gasteiger partial charge in [0.15, 0.2) is 5.78 Å². The maximum Gasteiger partial charge on any atom is 0.162 e. The molecule has 0 amide bonds. The SMILES string of the molecule is CCC(CC)C(=O)/C=C(\O)C(CC)CC.Cc1cc(-c2cccc3c(C)cncc23)c2oc3c(-c4cc(-c5ccccc5)ccn4)[c-]ccc3c2c1.[Ir]. The van der Waals surface area contributed by atoms with Crippen molar-refractivity contribution in [3.8, 4) is 33.5 Å². The van der Waals surface area contributed by atoms with Gasteiger partial charge in [0.2, 0.25) is 0 Å². The second-order valence-corrected chi connectivity index (χ2v) is 13.5. The Labute approximate surface area is 326 Å². The van der Waals surface area contributed by atoms with Crippen LogP contribution in [0.1, 0.15) is 64.5 Å². The molecule has 5 nitrogen and oxygen atoms in total. The summed E-state index contributed by atoms with van der Waals surface area (Å²) in [6, 6.07) is 32.8. The summed E-state index contributed by atoms with van der Waals surface area (Å²) in [4.78, 5) is 20.9. The van der Waals surface area contributed by atoms with E-state index in [1.165, 1.54) is 17.0 Å². The van der Waals surface area contributed by atoms with Crippen LogP contribution >= 0.6 is 0 Å². The van der Waals surface area contributed by atoms with E-state index in [0.29, 0.717) is 0 Å². The number of aromatic nitrogens is 2. The normalized spacial score (nSPS) is 11.6. The van der Waals surface area contributed by atoms with Gasteiger partial charge in [-0.1, -0.05) is 93.2 Å². The molecule has 0 saturated heterocycles. The topological polar surface area (TPSA) is 76.2 Å². The van der Waals surface area contributed by atoms with E-state index in [4.69, 9.17) is 9.40 Å². The first-order chi connectivity index (χ1) is 25.3. The van der Waals surface area contributed by atoms with Crippen molar-refractivity contribution in [2.75, 3.05) is 0 Å². The van der Waals surface area contributed by atoms with Gasteiger partial charge in [-0.15, -0.1) is 18.2 Å². The summed E-state index contributed by atoms with van der Waals surface area (Å²) >= 11 is 0. The minimum atomic E-state index is 0. The van der Waals surface area contributed by atoms with Crippen LogP contribution in [-0.2, 0) is 24.9 Å². The number of allylic oxidation sites excluding steroid dienone is 2. The maximum absolute atomic E-state index is 11.7. The number of carbonyl (C=O) groups excluding carboxylic acids is 1. The Hall–Kier alpha value is -4.90. The summed E-state index contributed by atoms with van der Waals surface area (Å²) in [6.07, 6.45) is 10.6. The number of fused-ring (bicyclic) bond motifs is 4. The molecule has 0 unspecified atom stereocenters. The number of furan rings is 1. The van der Waals surface area contributed by atoms with Gasteiger partial charge < -0.3 is 14.5 Å². The molecule has 53 heavy (non-hydrogen) atoms. The zero-order valence-corrected chi connectivity index (χ0v) is 33.8. The number of hydrogen-bond acceptors (Lipinski definition) is 5. The van der Waals surface area contributed by atoms with Gasteiger partial charge in [-0.3, -0.25) is 9.78 Å². The van der Waals surface area contributed by atoms with Gasteiger partial charge in [-0.05, 0) is 96.6 Å². The second kappa shape index (κ2) is 17.7. The molecule has 0 saturated carbocycles. The molecule has 4 aromatic carbocycles. The number of aliphatic hydroxyl groups excluding tert-OH is 1. The van der Waals surface area contributed by atoms with Crippen molar-refractivity contribution in [1.29, 1.82) is 0 Å². The van der Waals surface area contributed by atoms with Crippen molar-refractivity contribution in [2.45, 2.75) is 67.2 Å². The molecular weight excluding hydrogens is 833 g/mol. The molecule has 3 heterocycles. The van der Waals surface area contributed by atoms with Crippen LogP contribution in [0.2, 0.25) is 0 Å². The van der Waals surface area contributed by atoms with Crippen LogP contribution in [-0.4, -0.2) is 20.9 Å². The number of aliphatic hydroxyl groups is 1. The summed E-state index contributed by atoms with van der Waals surface area (Å²) in [7, 11) is 0. The van der Waals surface area contributed by atoms with Crippen molar-refractivity contribution >= 4 is 38.5 Å². The number of pyridine rings is 2. The molecule has 0 bridgehead atoms. The quantitative estimate of drug-likeness (QED) is 0.0841. The Kier molecular flexibility index (Phi) is 13.2. The standard InChI is InChI=1S/C34H23N2O.C13H24O2.Ir/c1-21-16-29(26-11-6-10-25-22(2)19-35-20-31(25)26)34-30(17-21)27-12-7-13-28(33(27)37-34)32-18-24(14-15-36-32)23-8-4-3-5-9-23;1-5-10(6-2)12(14)9-13(15)11(7-3)8-4;/h3-12,14-20H,1-2H3;9-11,14H,5-8H2,1-4H3;/q-1;;/b;12-9-;. The Morgan fingerprint density at radius 2 is 1.49 bits per heavy atom. The van der Waals surface area contributed by atoms with Gasteiger partial charge in [-0.2, -0.15) is 0 Å². The first-order valence-electron chi connectivity index (χ1n) is 18.4. The first kappa shape index (κ1) is 39.3. The minimum Gasteiger partial charge on any atom is -0.512 e. The van der Waals surface area contributed by atoms with Crippen molar-refractivity contribution < 1.29 is 34.4 Å². The Bertz CT molecular complexity index is 2370. The number of rotatable bonds is 10. The van der Waals surface area contributed by atoms with Crippen molar-refractivity contribution in [3.63, 3.8) is 0 Å². The van der Waals surface area contributed by atoms with Crippen LogP contribution in [0.5, 0.6) is 0 Å². The molecule has 1 radical (unpaired) electrons. The van der Waals surface area contributed by atoms with Gasteiger partial charge in [0, 0.05) is 72.9 Å². The smallest absolute Gasteiger partial charge is 0.162 e. The average Bonchev–Trinajstić information content (AvgIpc) is 3.55. The first-order valence-corrected chi connectivity index (χ1v) is 18.4. The third-order valence-electron chi connectivity index (χ3n) is 10.2. The second-order valence-electron chi connectivity index (χ2n) is 13.5. The zero-order chi connectivity index (χ0) is 36.8. The molecule has 3 aromatic heterocycles. The number of ketones is 1. The summed E-state index contributed by atoms with van der Waals surface area (Å²) in [5, 5.41) is 14.2. The molecule has 0 aliphatic heterocycles. The number of hydrogen-bond donors (Lipinski definition) is 1. The molecule has 273 valence electrons. The van der Waals surface area contributed by atoms with E-state index in [-0.39, 0.29) is 43.5 Å². The van der Waals surface area contributed by atoms with Crippen LogP contribution < -0.4 is 0 Å². The molecule has 0 aliphatic rings. The molecule has 6 heteroatoms. The average molecular weight is 880 g/mol. The van der Waals surface area contributed by atoms with Crippen molar-refractivity contribution in [2.24, 2.45) is 11.8 Å². The van der Waals surface area contributed by atoms with Crippen LogP contribution in [0, 0.1) is 31.7 Å². The zero-order valence-electron chi connectivity index (χ0n) is 31.4. The van der Waals surface area contributed by atoms with E-state index in [1.807, 2.05) is 64.5 Å². The van der Waals surface area contributed by atoms with E-state index in [2.05, 4.69) is 91.6 Å². The summed E-state index contributed by atoms with van der Waals surface area (Å²) < 4.78 is 6.71. The molecule has 0 aliphatic carbocycles. The van der Waals surface area contributed by atoms with E-state index in [0.717, 1.165) is 92.1 Å². The molecule has 7 rings (SSSR count). The monoisotopic (exact) mass is 880 g/mol. The fourth-order valence-electron chi connectivity index (χ4n) is 7.11. The Balaban J connectivity index is 0.000000290. The number of nitrogens with zero attached hydrogens (tertiary/aromatic N) is 2. The summed E-state index contributed by atoms with van der Waals surface area (Å²) in [5.41, 5.74) is 10.2. The molecule has 0 fully saturated rings.